The lowest BCUT2D eigenvalue weighted by atomic mass is 9.95. The van der Waals surface area contributed by atoms with Crippen molar-refractivity contribution >= 4 is 29.3 Å². The van der Waals surface area contributed by atoms with E-state index < -0.39 is 0 Å². The van der Waals surface area contributed by atoms with Crippen LogP contribution >= 0.6 is 23.4 Å². The van der Waals surface area contributed by atoms with E-state index in [1.165, 1.54) is 19.3 Å². The van der Waals surface area contributed by atoms with Crippen LogP contribution in [0.3, 0.4) is 0 Å². The molecule has 0 bridgehead atoms. The first-order valence-electron chi connectivity index (χ1n) is 5.83. The van der Waals surface area contributed by atoms with Crippen LogP contribution in [0.5, 0.6) is 0 Å². The molecule has 0 aromatic rings. The van der Waals surface area contributed by atoms with E-state index in [4.69, 9.17) is 11.6 Å². The molecule has 2 aliphatic rings. The summed E-state index contributed by atoms with van der Waals surface area (Å²) in [6, 6.07) is 0.217. The molecule has 1 saturated carbocycles. The summed E-state index contributed by atoms with van der Waals surface area (Å²) in [5, 5.41) is 3.46. The highest BCUT2D eigenvalue weighted by molar-refractivity contribution is 8.00. The van der Waals surface area contributed by atoms with Crippen molar-refractivity contribution in [2.45, 2.75) is 55.2 Å². The fourth-order valence-corrected chi connectivity index (χ4v) is 3.82. The minimum absolute atomic E-state index is 0.147. The molecule has 2 nitrogen and oxygen atoms in total. The SMILES string of the molecule is O=C(NC1CCCCC1Cl)C1CCCS1. The van der Waals surface area contributed by atoms with Crippen LogP contribution in [0.25, 0.3) is 0 Å². The van der Waals surface area contributed by atoms with Gasteiger partial charge in [-0.05, 0) is 31.4 Å². The van der Waals surface area contributed by atoms with Crippen molar-refractivity contribution in [1.82, 2.24) is 5.32 Å². The Balaban J connectivity index is 1.81. The first kappa shape index (κ1) is 11.6. The van der Waals surface area contributed by atoms with Crippen LogP contribution in [-0.4, -0.2) is 28.3 Å². The Kier molecular flexibility index (Phi) is 4.21. The number of alkyl halides is 1. The van der Waals surface area contributed by atoms with E-state index in [2.05, 4.69) is 5.32 Å². The molecule has 1 aliphatic carbocycles. The maximum atomic E-state index is 11.9. The highest BCUT2D eigenvalue weighted by Crippen LogP contribution is 2.28. The van der Waals surface area contributed by atoms with Crippen LogP contribution in [0.15, 0.2) is 0 Å². The van der Waals surface area contributed by atoms with E-state index >= 15 is 0 Å². The molecule has 2 fully saturated rings. The first-order chi connectivity index (χ1) is 7.27. The molecular weight excluding hydrogens is 230 g/mol. The molecule has 1 N–H and O–H groups in total. The standard InChI is InChI=1S/C11H18ClNOS/c12-8-4-1-2-5-9(8)13-11(14)10-6-3-7-15-10/h8-10H,1-7H2,(H,13,14). The lowest BCUT2D eigenvalue weighted by Gasteiger charge is -2.28. The lowest BCUT2D eigenvalue weighted by molar-refractivity contribution is -0.121. The summed E-state index contributed by atoms with van der Waals surface area (Å²) >= 11 is 8.00. The van der Waals surface area contributed by atoms with Gasteiger partial charge < -0.3 is 5.32 Å². The average molecular weight is 248 g/mol. The van der Waals surface area contributed by atoms with Crippen LogP contribution in [-0.2, 0) is 4.79 Å². The summed E-state index contributed by atoms with van der Waals surface area (Å²) in [6.45, 7) is 0. The summed E-state index contributed by atoms with van der Waals surface area (Å²) in [5.74, 6) is 1.35. The predicted octanol–water partition coefficient (Wildman–Crippen LogP) is 2.55. The fourth-order valence-electron chi connectivity index (χ4n) is 2.31. The minimum Gasteiger partial charge on any atom is -0.351 e. The minimum atomic E-state index is 0.147. The van der Waals surface area contributed by atoms with Gasteiger partial charge in [-0.25, -0.2) is 0 Å². The molecule has 1 heterocycles. The van der Waals surface area contributed by atoms with Crippen molar-refractivity contribution in [1.29, 1.82) is 0 Å². The molecule has 3 unspecified atom stereocenters. The van der Waals surface area contributed by atoms with Crippen LogP contribution < -0.4 is 5.32 Å². The highest BCUT2D eigenvalue weighted by atomic mass is 35.5. The van der Waals surface area contributed by atoms with Gasteiger partial charge in [0, 0.05) is 6.04 Å². The summed E-state index contributed by atoms with van der Waals surface area (Å²) < 4.78 is 0. The van der Waals surface area contributed by atoms with Gasteiger partial charge in [0.25, 0.3) is 0 Å². The number of halogens is 1. The molecule has 1 aliphatic heterocycles. The average Bonchev–Trinajstić information content (AvgIpc) is 2.74. The second-order valence-corrected chi connectivity index (χ2v) is 6.29. The number of carbonyl (C=O) groups excluding carboxylic acids is 1. The number of nitrogens with one attached hydrogen (secondary N) is 1. The van der Waals surface area contributed by atoms with Gasteiger partial charge >= 0.3 is 0 Å². The van der Waals surface area contributed by atoms with Crippen molar-refractivity contribution in [2.24, 2.45) is 0 Å². The Morgan fingerprint density at radius 3 is 2.67 bits per heavy atom. The third kappa shape index (κ3) is 3.04. The van der Waals surface area contributed by atoms with Crippen molar-refractivity contribution in [3.63, 3.8) is 0 Å². The normalized spacial score (nSPS) is 36.5. The number of amides is 1. The summed E-state index contributed by atoms with van der Waals surface area (Å²) in [4.78, 5) is 11.9. The molecule has 1 amide bonds. The van der Waals surface area contributed by atoms with E-state index in [-0.39, 0.29) is 22.6 Å². The van der Waals surface area contributed by atoms with E-state index in [1.807, 2.05) is 0 Å². The van der Waals surface area contributed by atoms with E-state index in [0.29, 0.717) is 0 Å². The highest BCUT2D eigenvalue weighted by Gasteiger charge is 2.29. The van der Waals surface area contributed by atoms with Gasteiger partial charge in [-0.2, -0.15) is 0 Å². The second kappa shape index (κ2) is 5.44. The lowest BCUT2D eigenvalue weighted by Crippen LogP contribution is -2.45. The zero-order chi connectivity index (χ0) is 10.7. The predicted molar refractivity (Wildman–Crippen MR) is 65.5 cm³/mol. The van der Waals surface area contributed by atoms with Gasteiger partial charge in [0.15, 0.2) is 0 Å². The van der Waals surface area contributed by atoms with Crippen molar-refractivity contribution in [3.05, 3.63) is 0 Å². The largest absolute Gasteiger partial charge is 0.351 e. The monoisotopic (exact) mass is 247 g/mol. The number of hydrogen-bond acceptors (Lipinski definition) is 2. The molecule has 1 saturated heterocycles. The summed E-state index contributed by atoms with van der Waals surface area (Å²) in [6.07, 6.45) is 6.72. The van der Waals surface area contributed by atoms with Crippen LogP contribution in [0, 0.1) is 0 Å². The fraction of sp³-hybridized carbons (Fsp3) is 0.909. The third-order valence-electron chi connectivity index (χ3n) is 3.23. The van der Waals surface area contributed by atoms with E-state index in [0.717, 1.165) is 25.0 Å². The quantitative estimate of drug-likeness (QED) is 0.760. The van der Waals surface area contributed by atoms with Gasteiger partial charge in [-0.1, -0.05) is 12.8 Å². The Hall–Kier alpha value is 0.110. The topological polar surface area (TPSA) is 29.1 Å². The molecule has 4 heteroatoms. The van der Waals surface area contributed by atoms with E-state index in [9.17, 15) is 4.79 Å². The molecule has 3 atom stereocenters. The molecule has 15 heavy (non-hydrogen) atoms. The van der Waals surface area contributed by atoms with Gasteiger partial charge in [0.2, 0.25) is 5.91 Å². The molecule has 0 aromatic heterocycles. The number of hydrogen-bond donors (Lipinski definition) is 1. The molecule has 0 aromatic carbocycles. The number of rotatable bonds is 2. The molecule has 86 valence electrons. The van der Waals surface area contributed by atoms with Gasteiger partial charge in [0.1, 0.15) is 0 Å². The van der Waals surface area contributed by atoms with Crippen molar-refractivity contribution in [3.8, 4) is 0 Å². The Labute approximate surface area is 101 Å². The third-order valence-corrected chi connectivity index (χ3v) is 5.13. The van der Waals surface area contributed by atoms with Crippen molar-refractivity contribution in [2.75, 3.05) is 5.75 Å². The Bertz CT molecular complexity index is 231. The summed E-state index contributed by atoms with van der Waals surface area (Å²) in [5.41, 5.74) is 0. The number of carbonyl (C=O) groups is 1. The first-order valence-corrected chi connectivity index (χ1v) is 7.32. The van der Waals surface area contributed by atoms with Crippen LogP contribution in [0.4, 0.5) is 0 Å². The van der Waals surface area contributed by atoms with E-state index in [1.54, 1.807) is 11.8 Å². The second-order valence-electron chi connectivity index (χ2n) is 4.42. The maximum absolute atomic E-state index is 11.9. The van der Waals surface area contributed by atoms with Gasteiger partial charge in [-0.3, -0.25) is 4.79 Å². The maximum Gasteiger partial charge on any atom is 0.233 e. The smallest absolute Gasteiger partial charge is 0.233 e. The molecule has 2 rings (SSSR count). The number of thioether (sulfide) groups is 1. The molecular formula is C11H18ClNOS. The Morgan fingerprint density at radius 1 is 1.20 bits per heavy atom. The van der Waals surface area contributed by atoms with Gasteiger partial charge in [0.05, 0.1) is 10.6 Å². The molecule has 0 spiro atoms. The molecule has 0 radical (unpaired) electrons. The summed E-state index contributed by atoms with van der Waals surface area (Å²) in [7, 11) is 0. The van der Waals surface area contributed by atoms with Crippen LogP contribution in [0.2, 0.25) is 0 Å². The van der Waals surface area contributed by atoms with Crippen molar-refractivity contribution < 1.29 is 4.79 Å². The zero-order valence-electron chi connectivity index (χ0n) is 8.88. The zero-order valence-corrected chi connectivity index (χ0v) is 10.4. The van der Waals surface area contributed by atoms with Crippen LogP contribution in [0.1, 0.15) is 38.5 Å². The Morgan fingerprint density at radius 2 is 2.00 bits per heavy atom. The van der Waals surface area contributed by atoms with Gasteiger partial charge in [-0.15, -0.1) is 23.4 Å².